The Morgan fingerprint density at radius 3 is 2.64 bits per heavy atom. The molecular formula is C30H32ClF3N6O5. The van der Waals surface area contributed by atoms with Crippen LogP contribution in [0.15, 0.2) is 52.6 Å². The largest absolute Gasteiger partial charge is 0.444 e. The van der Waals surface area contributed by atoms with Gasteiger partial charge in [0.1, 0.15) is 18.5 Å². The van der Waals surface area contributed by atoms with Crippen LogP contribution in [0.4, 0.5) is 18.0 Å². The molecule has 15 heteroatoms. The minimum Gasteiger partial charge on any atom is -0.444 e. The normalized spacial score (nSPS) is 15.9. The van der Waals surface area contributed by atoms with Crippen LogP contribution in [0.2, 0.25) is 5.02 Å². The van der Waals surface area contributed by atoms with Crippen molar-refractivity contribution in [2.24, 2.45) is 0 Å². The van der Waals surface area contributed by atoms with Crippen LogP contribution in [0.5, 0.6) is 0 Å². The van der Waals surface area contributed by atoms with Gasteiger partial charge in [0.05, 0.1) is 37.0 Å². The molecule has 1 fully saturated rings. The molecule has 0 N–H and O–H groups in total. The van der Waals surface area contributed by atoms with Crippen LogP contribution < -0.4 is 11.2 Å². The van der Waals surface area contributed by atoms with Crippen LogP contribution >= 0.6 is 11.6 Å². The van der Waals surface area contributed by atoms with Gasteiger partial charge >= 0.3 is 18.0 Å². The molecule has 11 nitrogen and oxygen atoms in total. The molecule has 0 aliphatic carbocycles. The Kier molecular flexibility index (Phi) is 8.82. The maximum absolute atomic E-state index is 13.0. The number of hydrogen-bond donors (Lipinski definition) is 0. The standard InChI is InChI=1S/C30H32ClF3N6O5/c1-18-9-20(31)11-23(22(18)12-21-15-37(7-8-44-21)28(43)45-29(2,3)4)26-24-10-19(14-40(24)36-17-35-26)13-39-25(41)5-6-38(27(39)42)16-30(32,33)34/h5-6,9-11,14,17,21H,7-8,12-13,15-16H2,1-4H3/t21-/m1/s1. The highest BCUT2D eigenvalue weighted by Crippen LogP contribution is 2.33. The number of nitrogens with zero attached hydrogens (tertiary/aromatic N) is 6. The first kappa shape index (κ1) is 32.2. The Balaban J connectivity index is 1.48. The van der Waals surface area contributed by atoms with Gasteiger partial charge in [0.15, 0.2) is 0 Å². The van der Waals surface area contributed by atoms with E-state index >= 15 is 0 Å². The molecule has 0 spiro atoms. The minimum atomic E-state index is -4.63. The van der Waals surface area contributed by atoms with Gasteiger partial charge in [-0.05, 0) is 62.6 Å². The molecule has 45 heavy (non-hydrogen) atoms. The summed E-state index contributed by atoms with van der Waals surface area (Å²) >= 11 is 6.49. The molecule has 5 rings (SSSR count). The molecule has 1 atom stereocenters. The SMILES string of the molecule is Cc1cc(Cl)cc(-c2ncnn3cc(Cn4c(=O)ccn(CC(F)(F)F)c4=O)cc23)c1C[C@@H]1CN(C(=O)OC(C)(C)C)CCO1. The van der Waals surface area contributed by atoms with E-state index in [1.807, 2.05) is 33.8 Å². The summed E-state index contributed by atoms with van der Waals surface area (Å²) < 4.78 is 53.2. The Morgan fingerprint density at radius 1 is 1.18 bits per heavy atom. The van der Waals surface area contributed by atoms with Gasteiger partial charge in [-0.2, -0.15) is 18.3 Å². The lowest BCUT2D eigenvalue weighted by molar-refractivity contribution is -0.141. The highest BCUT2D eigenvalue weighted by atomic mass is 35.5. The van der Waals surface area contributed by atoms with Crippen LogP contribution in [0.3, 0.4) is 0 Å². The topological polar surface area (TPSA) is 113 Å². The van der Waals surface area contributed by atoms with Crippen molar-refractivity contribution in [2.45, 2.75) is 65.1 Å². The number of halogens is 4. The van der Waals surface area contributed by atoms with E-state index < -0.39 is 35.7 Å². The van der Waals surface area contributed by atoms with Crippen LogP contribution in [0.25, 0.3) is 16.8 Å². The van der Waals surface area contributed by atoms with E-state index in [0.29, 0.717) is 58.0 Å². The average molecular weight is 649 g/mol. The maximum Gasteiger partial charge on any atom is 0.410 e. The predicted molar refractivity (Wildman–Crippen MR) is 160 cm³/mol. The quantitative estimate of drug-likeness (QED) is 0.303. The lowest BCUT2D eigenvalue weighted by Gasteiger charge is -2.34. The molecule has 0 unspecified atom stereocenters. The number of carbonyl (C=O) groups excluding carboxylic acids is 1. The van der Waals surface area contributed by atoms with Crippen molar-refractivity contribution in [3.8, 4) is 11.3 Å². The van der Waals surface area contributed by atoms with Gasteiger partial charge in [0, 0.05) is 42.0 Å². The number of morpholine rings is 1. The Bertz CT molecular complexity index is 1860. The minimum absolute atomic E-state index is 0.281. The molecule has 1 aromatic carbocycles. The summed E-state index contributed by atoms with van der Waals surface area (Å²) in [5.41, 5.74) is 1.48. The van der Waals surface area contributed by atoms with Crippen molar-refractivity contribution in [3.63, 3.8) is 0 Å². The molecule has 3 aromatic heterocycles. The third-order valence-corrected chi connectivity index (χ3v) is 7.43. The van der Waals surface area contributed by atoms with Crippen molar-refractivity contribution < 1.29 is 27.4 Å². The van der Waals surface area contributed by atoms with Crippen molar-refractivity contribution >= 4 is 23.2 Å². The predicted octanol–water partition coefficient (Wildman–Crippen LogP) is 4.47. The first-order chi connectivity index (χ1) is 21.1. The lowest BCUT2D eigenvalue weighted by Crippen LogP contribution is -2.48. The third-order valence-electron chi connectivity index (χ3n) is 7.21. The highest BCUT2D eigenvalue weighted by molar-refractivity contribution is 6.31. The average Bonchev–Trinajstić information content (AvgIpc) is 3.35. The van der Waals surface area contributed by atoms with Crippen LogP contribution in [-0.4, -0.2) is 72.3 Å². The fraction of sp³-hybridized carbons (Fsp3) is 0.433. The van der Waals surface area contributed by atoms with Crippen molar-refractivity contribution in [1.29, 1.82) is 0 Å². The van der Waals surface area contributed by atoms with Crippen LogP contribution in [0.1, 0.15) is 37.5 Å². The van der Waals surface area contributed by atoms with Gasteiger partial charge in [0.2, 0.25) is 0 Å². The smallest absolute Gasteiger partial charge is 0.410 e. The van der Waals surface area contributed by atoms with E-state index in [9.17, 15) is 27.6 Å². The van der Waals surface area contributed by atoms with E-state index in [-0.39, 0.29) is 12.6 Å². The number of alkyl halides is 3. The monoisotopic (exact) mass is 648 g/mol. The van der Waals surface area contributed by atoms with Crippen LogP contribution in [0, 0.1) is 6.92 Å². The van der Waals surface area contributed by atoms with Gasteiger partial charge in [0.25, 0.3) is 5.56 Å². The molecular weight excluding hydrogens is 617 g/mol. The van der Waals surface area contributed by atoms with E-state index in [1.165, 1.54) is 10.8 Å². The number of aromatic nitrogens is 5. The zero-order valence-electron chi connectivity index (χ0n) is 25.1. The molecule has 0 saturated carbocycles. The van der Waals surface area contributed by atoms with Gasteiger partial charge in [-0.3, -0.25) is 13.9 Å². The number of carbonyl (C=O) groups is 1. The number of amides is 1. The molecule has 1 amide bonds. The summed E-state index contributed by atoms with van der Waals surface area (Å²) in [5, 5.41) is 4.73. The Morgan fingerprint density at radius 2 is 1.93 bits per heavy atom. The van der Waals surface area contributed by atoms with Crippen molar-refractivity contribution in [3.05, 3.63) is 85.5 Å². The molecule has 1 saturated heterocycles. The van der Waals surface area contributed by atoms with Crippen molar-refractivity contribution in [1.82, 2.24) is 28.6 Å². The molecule has 4 aromatic rings. The number of ether oxygens (including phenoxy) is 2. The van der Waals surface area contributed by atoms with E-state index in [4.69, 9.17) is 21.1 Å². The molecule has 1 aliphatic heterocycles. The van der Waals surface area contributed by atoms with Gasteiger partial charge in [-0.15, -0.1) is 0 Å². The van der Waals surface area contributed by atoms with Crippen LogP contribution in [-0.2, 0) is 29.0 Å². The summed E-state index contributed by atoms with van der Waals surface area (Å²) in [6.07, 6.45) is -1.20. The van der Waals surface area contributed by atoms with E-state index in [1.54, 1.807) is 23.2 Å². The Hall–Kier alpha value is -4.17. The summed E-state index contributed by atoms with van der Waals surface area (Å²) in [5.74, 6) is 0. The summed E-state index contributed by atoms with van der Waals surface area (Å²) in [7, 11) is 0. The number of fused-ring (bicyclic) bond motifs is 1. The fourth-order valence-corrected chi connectivity index (χ4v) is 5.57. The lowest BCUT2D eigenvalue weighted by atomic mass is 9.93. The fourth-order valence-electron chi connectivity index (χ4n) is 5.29. The molecule has 240 valence electrons. The zero-order valence-corrected chi connectivity index (χ0v) is 25.9. The second-order valence-electron chi connectivity index (χ2n) is 11.9. The number of hydrogen-bond acceptors (Lipinski definition) is 7. The van der Waals surface area contributed by atoms with Gasteiger partial charge < -0.3 is 14.4 Å². The first-order valence-corrected chi connectivity index (χ1v) is 14.5. The molecule has 0 radical (unpaired) electrons. The first-order valence-electron chi connectivity index (χ1n) is 14.2. The number of rotatable bonds is 6. The van der Waals surface area contributed by atoms with E-state index in [0.717, 1.165) is 28.0 Å². The third kappa shape index (κ3) is 7.56. The van der Waals surface area contributed by atoms with Gasteiger partial charge in [-0.1, -0.05) is 11.6 Å². The summed E-state index contributed by atoms with van der Waals surface area (Å²) in [6, 6.07) is 6.19. The number of benzene rings is 1. The number of aryl methyl sites for hydroxylation is 1. The zero-order chi connectivity index (χ0) is 32.7. The van der Waals surface area contributed by atoms with Crippen molar-refractivity contribution in [2.75, 3.05) is 19.7 Å². The Labute approximate surface area is 260 Å². The molecule has 0 bridgehead atoms. The van der Waals surface area contributed by atoms with Gasteiger partial charge in [-0.25, -0.2) is 19.1 Å². The maximum atomic E-state index is 13.0. The second-order valence-corrected chi connectivity index (χ2v) is 12.4. The highest BCUT2D eigenvalue weighted by Gasteiger charge is 2.30. The van der Waals surface area contributed by atoms with E-state index in [2.05, 4.69) is 10.1 Å². The molecule has 4 heterocycles. The summed E-state index contributed by atoms with van der Waals surface area (Å²) in [6.45, 7) is 6.61. The summed E-state index contributed by atoms with van der Waals surface area (Å²) in [4.78, 5) is 44.1. The second kappa shape index (κ2) is 12.3. The molecule has 1 aliphatic rings.